The zero-order valence-electron chi connectivity index (χ0n) is 13.4. The van der Waals surface area contributed by atoms with Crippen LogP contribution in [0.2, 0.25) is 0 Å². The Kier molecular flexibility index (Phi) is 6.73. The van der Waals surface area contributed by atoms with E-state index in [-0.39, 0.29) is 12.1 Å². The molecule has 0 aromatic heterocycles. The van der Waals surface area contributed by atoms with Gasteiger partial charge in [-0.15, -0.1) is 0 Å². The molecule has 24 heavy (non-hydrogen) atoms. The maximum absolute atomic E-state index is 12.8. The largest absolute Gasteiger partial charge is 0.416 e. The van der Waals surface area contributed by atoms with Gasteiger partial charge < -0.3 is 21.1 Å². The number of hydrogen-bond acceptors (Lipinski definition) is 4. The molecule has 9 heteroatoms. The molecule has 6 nitrogen and oxygen atoms in total. The lowest BCUT2D eigenvalue weighted by atomic mass is 9.89. The Morgan fingerprint density at radius 3 is 2.42 bits per heavy atom. The molecule has 2 amide bonds. The van der Waals surface area contributed by atoms with Gasteiger partial charge in [0.2, 0.25) is 11.8 Å². The van der Waals surface area contributed by atoms with Crippen LogP contribution in [0.25, 0.3) is 0 Å². The second-order valence-electron chi connectivity index (χ2n) is 5.29. The van der Waals surface area contributed by atoms with Gasteiger partial charge in [0.1, 0.15) is 5.54 Å². The molecule has 1 unspecified atom stereocenters. The summed E-state index contributed by atoms with van der Waals surface area (Å²) in [6.45, 7) is 1.91. The number of ether oxygens (including phenoxy) is 1. The van der Waals surface area contributed by atoms with E-state index in [0.717, 1.165) is 18.2 Å². The van der Waals surface area contributed by atoms with E-state index in [4.69, 9.17) is 10.5 Å². The quantitative estimate of drug-likeness (QED) is 0.605. The number of carbonyl (C=O) groups is 2. The van der Waals surface area contributed by atoms with Gasteiger partial charge in [-0.25, -0.2) is 0 Å². The summed E-state index contributed by atoms with van der Waals surface area (Å²) in [5.41, 5.74) is 2.57. The zero-order valence-corrected chi connectivity index (χ0v) is 13.4. The van der Waals surface area contributed by atoms with Crippen molar-refractivity contribution < 1.29 is 27.5 Å². The molecule has 1 aromatic rings. The van der Waals surface area contributed by atoms with Crippen molar-refractivity contribution in [3.05, 3.63) is 35.4 Å². The number of benzene rings is 1. The number of amides is 2. The average molecular weight is 347 g/mol. The van der Waals surface area contributed by atoms with E-state index >= 15 is 0 Å². The maximum Gasteiger partial charge on any atom is 0.416 e. The van der Waals surface area contributed by atoms with Crippen LogP contribution in [-0.4, -0.2) is 38.6 Å². The molecule has 0 aliphatic carbocycles. The summed E-state index contributed by atoms with van der Waals surface area (Å²) in [7, 11) is 1.50. The molecule has 1 atom stereocenters. The Bertz CT molecular complexity index is 593. The van der Waals surface area contributed by atoms with E-state index in [9.17, 15) is 22.8 Å². The summed E-state index contributed by atoms with van der Waals surface area (Å²) >= 11 is 0. The number of nitrogens with two attached hydrogens (primary N) is 1. The average Bonchev–Trinajstić information content (AvgIpc) is 2.50. The van der Waals surface area contributed by atoms with E-state index in [1.54, 1.807) is 0 Å². The minimum absolute atomic E-state index is 0.0462. The lowest BCUT2D eigenvalue weighted by molar-refractivity contribution is -0.138. The summed E-state index contributed by atoms with van der Waals surface area (Å²) < 4.78 is 43.3. The van der Waals surface area contributed by atoms with Gasteiger partial charge in [0.15, 0.2) is 0 Å². The summed E-state index contributed by atoms with van der Waals surface area (Å²) in [6.07, 6.45) is -4.57. The molecule has 0 aliphatic heterocycles. The SMILES string of the molecule is COCCNCC(=O)NC(C)(C(N)=O)c1cccc(C(F)(F)F)c1. The number of alkyl halides is 3. The Morgan fingerprint density at radius 1 is 1.25 bits per heavy atom. The van der Waals surface area contributed by atoms with Crippen molar-refractivity contribution in [3.8, 4) is 0 Å². The van der Waals surface area contributed by atoms with Gasteiger partial charge in [-0.05, 0) is 24.6 Å². The molecule has 1 rings (SSSR count). The number of carbonyl (C=O) groups excluding carboxylic acids is 2. The van der Waals surface area contributed by atoms with Crippen LogP contribution in [0, 0.1) is 0 Å². The topological polar surface area (TPSA) is 93.4 Å². The fourth-order valence-corrected chi connectivity index (χ4v) is 1.98. The van der Waals surface area contributed by atoms with Crippen molar-refractivity contribution in [1.82, 2.24) is 10.6 Å². The van der Waals surface area contributed by atoms with Crippen molar-refractivity contribution >= 4 is 11.8 Å². The minimum Gasteiger partial charge on any atom is -0.383 e. The van der Waals surface area contributed by atoms with Crippen molar-refractivity contribution in [3.63, 3.8) is 0 Å². The van der Waals surface area contributed by atoms with Crippen molar-refractivity contribution in [2.45, 2.75) is 18.6 Å². The monoisotopic (exact) mass is 347 g/mol. The molecular formula is C15H20F3N3O3. The predicted octanol–water partition coefficient (Wildman–Crippen LogP) is 0.758. The van der Waals surface area contributed by atoms with Gasteiger partial charge in [0.05, 0.1) is 18.7 Å². The van der Waals surface area contributed by atoms with Crippen LogP contribution in [0.1, 0.15) is 18.1 Å². The number of methoxy groups -OCH3 is 1. The van der Waals surface area contributed by atoms with Gasteiger partial charge in [0, 0.05) is 13.7 Å². The summed E-state index contributed by atoms with van der Waals surface area (Å²) in [4.78, 5) is 23.7. The molecule has 0 aliphatic rings. The number of halogens is 3. The fourth-order valence-electron chi connectivity index (χ4n) is 1.98. The van der Waals surface area contributed by atoms with E-state index in [0.29, 0.717) is 13.2 Å². The Hall–Kier alpha value is -2.13. The highest BCUT2D eigenvalue weighted by molar-refractivity contribution is 5.91. The first kappa shape index (κ1) is 19.9. The molecule has 0 radical (unpaired) electrons. The molecule has 1 aromatic carbocycles. The highest BCUT2D eigenvalue weighted by atomic mass is 19.4. The minimum atomic E-state index is -4.57. The van der Waals surface area contributed by atoms with E-state index < -0.39 is 29.1 Å². The molecule has 0 fully saturated rings. The molecule has 134 valence electrons. The molecule has 0 saturated heterocycles. The smallest absolute Gasteiger partial charge is 0.383 e. The third-order valence-corrected chi connectivity index (χ3v) is 3.42. The second kappa shape index (κ2) is 8.11. The van der Waals surface area contributed by atoms with Crippen molar-refractivity contribution in [2.24, 2.45) is 5.73 Å². The summed E-state index contributed by atoms with van der Waals surface area (Å²) in [6, 6.07) is 4.13. The Balaban J connectivity index is 2.96. The fraction of sp³-hybridized carbons (Fsp3) is 0.467. The highest BCUT2D eigenvalue weighted by Crippen LogP contribution is 2.32. The van der Waals surface area contributed by atoms with Crippen molar-refractivity contribution in [1.29, 1.82) is 0 Å². The highest BCUT2D eigenvalue weighted by Gasteiger charge is 2.37. The maximum atomic E-state index is 12.8. The normalized spacial score (nSPS) is 14.0. The molecular weight excluding hydrogens is 327 g/mol. The van der Waals surface area contributed by atoms with Crippen molar-refractivity contribution in [2.75, 3.05) is 26.8 Å². The van der Waals surface area contributed by atoms with Gasteiger partial charge >= 0.3 is 6.18 Å². The number of hydrogen-bond donors (Lipinski definition) is 3. The van der Waals surface area contributed by atoms with Crippen LogP contribution in [0.3, 0.4) is 0 Å². The predicted molar refractivity (Wildman–Crippen MR) is 80.9 cm³/mol. The molecule has 0 heterocycles. The first-order chi connectivity index (χ1) is 11.1. The van der Waals surface area contributed by atoms with Crippen LogP contribution in [0.4, 0.5) is 13.2 Å². The Labute approximate surface area is 137 Å². The van der Waals surface area contributed by atoms with E-state index in [1.807, 2.05) is 0 Å². The van der Waals surface area contributed by atoms with Gasteiger partial charge in [-0.1, -0.05) is 12.1 Å². The van der Waals surface area contributed by atoms with Crippen LogP contribution in [0.5, 0.6) is 0 Å². The third kappa shape index (κ3) is 5.20. The summed E-state index contributed by atoms with van der Waals surface area (Å²) in [5.74, 6) is -1.54. The van der Waals surface area contributed by atoms with E-state index in [1.165, 1.54) is 20.1 Å². The zero-order chi connectivity index (χ0) is 18.4. The van der Waals surface area contributed by atoms with Crippen LogP contribution in [-0.2, 0) is 26.0 Å². The standard InChI is InChI=1S/C15H20F3N3O3/c1-14(13(19)23,21-12(22)9-20-6-7-24-2)10-4-3-5-11(8-10)15(16,17)18/h3-5,8,20H,6-7,9H2,1-2H3,(H2,19,23)(H,21,22). The number of rotatable bonds is 8. The van der Waals surface area contributed by atoms with Crippen LogP contribution < -0.4 is 16.4 Å². The van der Waals surface area contributed by atoms with Gasteiger partial charge in [0.25, 0.3) is 0 Å². The number of primary amides is 1. The molecule has 0 bridgehead atoms. The van der Waals surface area contributed by atoms with Crippen LogP contribution in [0.15, 0.2) is 24.3 Å². The molecule has 0 saturated carbocycles. The second-order valence-corrected chi connectivity index (χ2v) is 5.29. The van der Waals surface area contributed by atoms with Gasteiger partial charge in [-0.3, -0.25) is 9.59 Å². The lowest BCUT2D eigenvalue weighted by Gasteiger charge is -2.28. The van der Waals surface area contributed by atoms with Gasteiger partial charge in [-0.2, -0.15) is 13.2 Å². The molecule has 0 spiro atoms. The van der Waals surface area contributed by atoms with Crippen LogP contribution >= 0.6 is 0 Å². The first-order valence-corrected chi connectivity index (χ1v) is 7.09. The molecule has 4 N–H and O–H groups in total. The van der Waals surface area contributed by atoms with E-state index in [2.05, 4.69) is 10.6 Å². The first-order valence-electron chi connectivity index (χ1n) is 7.09. The summed E-state index contributed by atoms with van der Waals surface area (Å²) in [5, 5.41) is 5.15. The number of nitrogens with one attached hydrogen (secondary N) is 2. The lowest BCUT2D eigenvalue weighted by Crippen LogP contribution is -2.54. The Morgan fingerprint density at radius 2 is 1.88 bits per heavy atom. The third-order valence-electron chi connectivity index (χ3n) is 3.42.